The summed E-state index contributed by atoms with van der Waals surface area (Å²) in [5.74, 6) is -1.63. The number of aryl methyl sites for hydroxylation is 1. The molecule has 0 atom stereocenters. The lowest BCUT2D eigenvalue weighted by atomic mass is 9.98. The third-order valence-corrected chi connectivity index (χ3v) is 5.15. The Labute approximate surface area is 168 Å². The number of hydrogen-bond acceptors (Lipinski definition) is 3. The summed E-state index contributed by atoms with van der Waals surface area (Å²) >= 11 is 0. The zero-order valence-electron chi connectivity index (χ0n) is 15.8. The molecule has 0 saturated carbocycles. The third-order valence-electron chi connectivity index (χ3n) is 5.15. The first-order valence-corrected chi connectivity index (χ1v) is 9.18. The second-order valence-electron chi connectivity index (χ2n) is 7.10. The van der Waals surface area contributed by atoms with Crippen LogP contribution in [0, 0.1) is 11.6 Å². The van der Waals surface area contributed by atoms with E-state index in [0.29, 0.717) is 27.7 Å². The van der Waals surface area contributed by atoms with Crippen molar-refractivity contribution in [3.63, 3.8) is 0 Å². The molecule has 0 fully saturated rings. The Hall–Kier alpha value is -3.94. The lowest BCUT2D eigenvalue weighted by molar-refractivity contribution is -0.115. The molecule has 1 aliphatic rings. The van der Waals surface area contributed by atoms with Crippen LogP contribution in [0.5, 0.6) is 11.5 Å². The molecule has 0 unspecified atom stereocenters. The molecular formula is C22H15F2N3O3. The van der Waals surface area contributed by atoms with E-state index in [0.717, 1.165) is 17.7 Å². The first-order valence-electron chi connectivity index (χ1n) is 9.18. The number of carbonyl (C=O) groups excluding carboxylic acids is 1. The van der Waals surface area contributed by atoms with Gasteiger partial charge in [0, 0.05) is 36.5 Å². The molecule has 0 radical (unpaired) electrons. The average Bonchev–Trinajstić information content (AvgIpc) is 3.33. The van der Waals surface area contributed by atoms with E-state index in [4.69, 9.17) is 4.74 Å². The van der Waals surface area contributed by atoms with Crippen LogP contribution in [0.1, 0.15) is 5.56 Å². The number of hydrogen-bond donors (Lipinski definition) is 2. The predicted molar refractivity (Wildman–Crippen MR) is 108 cm³/mol. The Bertz CT molecular complexity index is 1410. The van der Waals surface area contributed by atoms with Gasteiger partial charge in [0.1, 0.15) is 17.1 Å². The molecule has 2 aromatic carbocycles. The number of halogens is 2. The number of aromatic amines is 1. The number of H-pyrrole nitrogens is 1. The van der Waals surface area contributed by atoms with E-state index >= 15 is 0 Å². The standard InChI is InChI=1S/C22H15F2N3O3/c1-27-10-14(13-6-7-25-21(13)22(27)29)19-17(4-2-11-8-18(28)26-20(11)19)30-16-5-3-12(23)9-15(16)24/h2-7,9-10,25H,8H2,1H3,(H,26,28). The molecular weight excluding hydrogens is 392 g/mol. The van der Waals surface area contributed by atoms with E-state index in [2.05, 4.69) is 10.3 Å². The van der Waals surface area contributed by atoms with E-state index in [-0.39, 0.29) is 29.4 Å². The molecule has 5 rings (SSSR count). The average molecular weight is 407 g/mol. The van der Waals surface area contributed by atoms with E-state index in [1.807, 2.05) is 0 Å². The van der Waals surface area contributed by atoms with Gasteiger partial charge in [-0.15, -0.1) is 0 Å². The summed E-state index contributed by atoms with van der Waals surface area (Å²) in [6.45, 7) is 0. The molecule has 6 nitrogen and oxygen atoms in total. The van der Waals surface area contributed by atoms with Crippen LogP contribution >= 0.6 is 0 Å². The van der Waals surface area contributed by atoms with Crippen molar-refractivity contribution in [3.8, 4) is 22.6 Å². The van der Waals surface area contributed by atoms with Crippen molar-refractivity contribution in [1.82, 2.24) is 9.55 Å². The summed E-state index contributed by atoms with van der Waals surface area (Å²) in [5.41, 5.74) is 2.64. The van der Waals surface area contributed by atoms with Crippen molar-refractivity contribution in [2.24, 2.45) is 7.05 Å². The number of amides is 1. The summed E-state index contributed by atoms with van der Waals surface area (Å²) < 4.78 is 34.8. The molecule has 0 spiro atoms. The molecule has 1 amide bonds. The first-order chi connectivity index (χ1) is 14.4. The molecule has 30 heavy (non-hydrogen) atoms. The number of benzene rings is 2. The van der Waals surface area contributed by atoms with Crippen molar-refractivity contribution >= 4 is 22.5 Å². The van der Waals surface area contributed by atoms with Crippen LogP contribution in [0.25, 0.3) is 22.0 Å². The van der Waals surface area contributed by atoms with Gasteiger partial charge < -0.3 is 19.6 Å². The summed E-state index contributed by atoms with van der Waals surface area (Å²) in [6.07, 6.45) is 3.50. The summed E-state index contributed by atoms with van der Waals surface area (Å²) in [6, 6.07) is 8.16. The number of nitrogens with one attached hydrogen (secondary N) is 2. The zero-order valence-corrected chi connectivity index (χ0v) is 15.8. The maximum atomic E-state index is 14.2. The lowest BCUT2D eigenvalue weighted by Crippen LogP contribution is -2.16. The fraction of sp³-hybridized carbons (Fsp3) is 0.0909. The molecule has 8 heteroatoms. The van der Waals surface area contributed by atoms with Crippen LogP contribution in [-0.4, -0.2) is 15.5 Å². The Kier molecular flexibility index (Phi) is 3.95. The maximum Gasteiger partial charge on any atom is 0.274 e. The molecule has 0 bridgehead atoms. The van der Waals surface area contributed by atoms with Crippen molar-refractivity contribution < 1.29 is 18.3 Å². The van der Waals surface area contributed by atoms with Crippen LogP contribution in [0.2, 0.25) is 0 Å². The largest absolute Gasteiger partial charge is 0.454 e. The van der Waals surface area contributed by atoms with Crippen LogP contribution in [0.15, 0.2) is 53.6 Å². The SMILES string of the molecule is Cn1cc(-c2c(Oc3ccc(F)cc3F)ccc3c2NC(=O)C3)c2cc[nH]c2c1=O. The number of aromatic nitrogens is 2. The van der Waals surface area contributed by atoms with Gasteiger partial charge in [0.2, 0.25) is 5.91 Å². The zero-order chi connectivity index (χ0) is 21.0. The van der Waals surface area contributed by atoms with Crippen molar-refractivity contribution in [2.75, 3.05) is 5.32 Å². The fourth-order valence-corrected chi connectivity index (χ4v) is 3.77. The predicted octanol–water partition coefficient (Wildman–Crippen LogP) is 4.10. The minimum Gasteiger partial charge on any atom is -0.454 e. The minimum atomic E-state index is -0.849. The van der Waals surface area contributed by atoms with Crippen molar-refractivity contribution in [3.05, 3.63) is 76.3 Å². The Morgan fingerprint density at radius 2 is 1.87 bits per heavy atom. The highest BCUT2D eigenvalue weighted by Gasteiger charge is 2.27. The summed E-state index contributed by atoms with van der Waals surface area (Å²) in [4.78, 5) is 27.5. The van der Waals surface area contributed by atoms with E-state index < -0.39 is 11.6 Å². The monoisotopic (exact) mass is 407 g/mol. The van der Waals surface area contributed by atoms with Crippen LogP contribution in [0.3, 0.4) is 0 Å². The van der Waals surface area contributed by atoms with Gasteiger partial charge in [0.15, 0.2) is 11.6 Å². The molecule has 1 aliphatic heterocycles. The van der Waals surface area contributed by atoms with Gasteiger partial charge in [-0.05, 0) is 29.8 Å². The van der Waals surface area contributed by atoms with Gasteiger partial charge in [-0.25, -0.2) is 8.78 Å². The van der Waals surface area contributed by atoms with E-state index in [9.17, 15) is 18.4 Å². The van der Waals surface area contributed by atoms with Gasteiger partial charge >= 0.3 is 0 Å². The third kappa shape index (κ3) is 2.76. The number of fused-ring (bicyclic) bond motifs is 2. The number of rotatable bonds is 3. The van der Waals surface area contributed by atoms with E-state index in [1.54, 1.807) is 37.6 Å². The van der Waals surface area contributed by atoms with Gasteiger partial charge in [-0.2, -0.15) is 0 Å². The molecule has 4 aromatic rings. The van der Waals surface area contributed by atoms with Crippen LogP contribution in [0.4, 0.5) is 14.5 Å². The Balaban J connectivity index is 1.78. The smallest absolute Gasteiger partial charge is 0.274 e. The second kappa shape index (κ2) is 6.55. The highest BCUT2D eigenvalue weighted by Crippen LogP contribution is 2.45. The Morgan fingerprint density at radius 3 is 2.67 bits per heavy atom. The molecule has 150 valence electrons. The molecule has 3 heterocycles. The van der Waals surface area contributed by atoms with Crippen molar-refractivity contribution in [1.29, 1.82) is 0 Å². The highest BCUT2D eigenvalue weighted by molar-refractivity contribution is 6.08. The van der Waals surface area contributed by atoms with Crippen molar-refractivity contribution in [2.45, 2.75) is 6.42 Å². The molecule has 2 aromatic heterocycles. The first kappa shape index (κ1) is 18.1. The number of carbonyl (C=O) groups is 1. The topological polar surface area (TPSA) is 76.1 Å². The van der Waals surface area contributed by atoms with Crippen LogP contribution in [-0.2, 0) is 18.3 Å². The molecule has 0 aliphatic carbocycles. The normalized spacial score (nSPS) is 12.8. The lowest BCUT2D eigenvalue weighted by Gasteiger charge is -2.17. The van der Waals surface area contributed by atoms with Gasteiger partial charge in [-0.1, -0.05) is 6.07 Å². The number of anilines is 1. The number of pyridine rings is 1. The van der Waals surface area contributed by atoms with Gasteiger partial charge in [0.05, 0.1) is 17.7 Å². The molecule has 2 N–H and O–H groups in total. The maximum absolute atomic E-state index is 14.2. The highest BCUT2D eigenvalue weighted by atomic mass is 19.1. The number of nitrogens with zero attached hydrogens (tertiary/aromatic N) is 1. The molecule has 0 saturated heterocycles. The summed E-state index contributed by atoms with van der Waals surface area (Å²) in [5, 5.41) is 3.47. The fourth-order valence-electron chi connectivity index (χ4n) is 3.77. The van der Waals surface area contributed by atoms with E-state index in [1.165, 1.54) is 10.6 Å². The Morgan fingerprint density at radius 1 is 1.07 bits per heavy atom. The quantitative estimate of drug-likeness (QED) is 0.537. The minimum absolute atomic E-state index is 0.156. The second-order valence-corrected chi connectivity index (χ2v) is 7.10. The van der Waals surface area contributed by atoms with Gasteiger partial charge in [0.25, 0.3) is 5.56 Å². The van der Waals surface area contributed by atoms with Gasteiger partial charge in [-0.3, -0.25) is 9.59 Å². The summed E-state index contributed by atoms with van der Waals surface area (Å²) in [7, 11) is 1.62. The number of ether oxygens (including phenoxy) is 1. The van der Waals surface area contributed by atoms with Crippen LogP contribution < -0.4 is 15.6 Å².